The van der Waals surface area contributed by atoms with Gasteiger partial charge in [-0.05, 0) is 12.8 Å². The highest BCUT2D eigenvalue weighted by atomic mass is 31.2. The maximum absolute atomic E-state index is 12.0. The molecule has 0 aromatic carbocycles. The van der Waals surface area contributed by atoms with E-state index in [1.807, 2.05) is 28.1 Å². The zero-order chi connectivity index (χ0) is 22.2. The molecule has 174 valence electrons. The molecule has 0 radical (unpaired) electrons. The van der Waals surface area contributed by atoms with Crippen molar-refractivity contribution in [2.24, 2.45) is 0 Å². The van der Waals surface area contributed by atoms with Crippen molar-refractivity contribution in [1.29, 1.82) is 0 Å². The van der Waals surface area contributed by atoms with Gasteiger partial charge in [-0.15, -0.1) is 0 Å². The van der Waals surface area contributed by atoms with E-state index in [-0.39, 0.29) is 32.2 Å². The van der Waals surface area contributed by atoms with Gasteiger partial charge in [-0.25, -0.2) is 4.57 Å². The summed E-state index contributed by atoms with van der Waals surface area (Å²) in [6, 6.07) is 0. The lowest BCUT2D eigenvalue weighted by molar-refractivity contribution is -0.870. The summed E-state index contributed by atoms with van der Waals surface area (Å²) in [4.78, 5) is 21.6. The third-order valence-electron chi connectivity index (χ3n) is 4.14. The number of carbonyl (C=O) groups excluding carboxylic acids is 1. The van der Waals surface area contributed by atoms with Crippen LogP contribution in [0.25, 0.3) is 0 Å². The summed E-state index contributed by atoms with van der Waals surface area (Å²) < 4.78 is 33.6. The molecule has 0 bridgehead atoms. The number of ether oxygens (including phenoxy) is 2. The number of unbranched alkanes of at least 4 members (excludes halogenated alkanes) is 5. The molecule has 29 heavy (non-hydrogen) atoms. The lowest BCUT2D eigenvalue weighted by atomic mass is 10.1. The Morgan fingerprint density at radius 3 is 2.21 bits per heavy atom. The molecule has 0 aromatic rings. The van der Waals surface area contributed by atoms with Crippen molar-refractivity contribution < 1.29 is 37.3 Å². The van der Waals surface area contributed by atoms with Crippen LogP contribution in [0.1, 0.15) is 65.2 Å². The van der Waals surface area contributed by atoms with Gasteiger partial charge in [0.05, 0.1) is 34.4 Å². The Hall–Kier alpha value is -0.500. The minimum absolute atomic E-state index is 0.0894. The van der Waals surface area contributed by atoms with Crippen molar-refractivity contribution in [1.82, 2.24) is 0 Å². The van der Waals surface area contributed by atoms with Crippen molar-refractivity contribution in [2.75, 3.05) is 54.1 Å². The zero-order valence-corrected chi connectivity index (χ0v) is 20.0. The highest BCUT2D eigenvalue weighted by molar-refractivity contribution is 7.47. The van der Waals surface area contributed by atoms with Crippen LogP contribution < -0.4 is 0 Å². The first-order chi connectivity index (χ1) is 13.6. The molecule has 1 N–H and O–H groups in total. The quantitative estimate of drug-likeness (QED) is 0.141. The number of carbonyl (C=O) groups is 1. The largest absolute Gasteiger partial charge is 0.472 e. The summed E-state index contributed by atoms with van der Waals surface area (Å²) in [5.74, 6) is -0.372. The third kappa shape index (κ3) is 19.2. The van der Waals surface area contributed by atoms with Gasteiger partial charge in [0.15, 0.2) is 0 Å². The number of phosphoric acid groups is 1. The number of quaternary nitrogens is 1. The molecule has 0 aliphatic rings. The SMILES string of the molecule is CCCCCCCCOCC(COP(=O)(O)OCC[N+](C)(C)C)OC(=O)CCC. The molecule has 0 aliphatic carbocycles. The van der Waals surface area contributed by atoms with Crippen LogP contribution in [0.15, 0.2) is 0 Å². The van der Waals surface area contributed by atoms with Gasteiger partial charge in [-0.2, -0.15) is 0 Å². The molecule has 9 heteroatoms. The lowest BCUT2D eigenvalue weighted by Crippen LogP contribution is -2.37. The van der Waals surface area contributed by atoms with Gasteiger partial charge in [-0.3, -0.25) is 13.8 Å². The monoisotopic (exact) mass is 440 g/mol. The number of phosphoric ester groups is 1. The van der Waals surface area contributed by atoms with E-state index < -0.39 is 13.9 Å². The third-order valence-corrected chi connectivity index (χ3v) is 5.12. The molecule has 0 heterocycles. The Balaban J connectivity index is 4.31. The molecular weight excluding hydrogens is 397 g/mol. The average Bonchev–Trinajstić information content (AvgIpc) is 2.60. The van der Waals surface area contributed by atoms with E-state index in [2.05, 4.69) is 6.92 Å². The molecular formula is C20H43NO7P+. The number of rotatable bonds is 19. The van der Waals surface area contributed by atoms with Crippen LogP contribution in [0.3, 0.4) is 0 Å². The molecule has 0 aliphatic heterocycles. The summed E-state index contributed by atoms with van der Waals surface area (Å²) >= 11 is 0. The van der Waals surface area contributed by atoms with Crippen LogP contribution in [-0.2, 0) is 27.9 Å². The summed E-state index contributed by atoms with van der Waals surface area (Å²) in [6.45, 7) is 5.16. The molecule has 0 fully saturated rings. The summed E-state index contributed by atoms with van der Waals surface area (Å²) in [7, 11) is 1.66. The van der Waals surface area contributed by atoms with Crippen LogP contribution in [0.2, 0.25) is 0 Å². The van der Waals surface area contributed by atoms with Crippen LogP contribution in [0.5, 0.6) is 0 Å². The van der Waals surface area contributed by atoms with Crippen molar-refractivity contribution in [3.05, 3.63) is 0 Å². The lowest BCUT2D eigenvalue weighted by Gasteiger charge is -2.24. The number of nitrogens with zero attached hydrogens (tertiary/aromatic N) is 1. The molecule has 0 spiro atoms. The maximum atomic E-state index is 12.0. The van der Waals surface area contributed by atoms with Gasteiger partial charge in [0.25, 0.3) is 0 Å². The summed E-state index contributed by atoms with van der Waals surface area (Å²) in [5, 5.41) is 0. The first-order valence-electron chi connectivity index (χ1n) is 10.8. The first-order valence-corrected chi connectivity index (χ1v) is 12.3. The number of hydrogen-bond acceptors (Lipinski definition) is 6. The fourth-order valence-corrected chi connectivity index (χ4v) is 3.15. The molecule has 0 rings (SSSR count). The van der Waals surface area contributed by atoms with Crippen molar-refractivity contribution >= 4 is 13.8 Å². The Morgan fingerprint density at radius 1 is 0.931 bits per heavy atom. The van der Waals surface area contributed by atoms with E-state index in [1.165, 1.54) is 25.7 Å². The predicted molar refractivity (Wildman–Crippen MR) is 114 cm³/mol. The van der Waals surface area contributed by atoms with Crippen molar-refractivity contribution in [3.63, 3.8) is 0 Å². The predicted octanol–water partition coefficient (Wildman–Crippen LogP) is 3.92. The van der Waals surface area contributed by atoms with Gasteiger partial charge in [0.1, 0.15) is 19.3 Å². The minimum Gasteiger partial charge on any atom is -0.457 e. The number of esters is 1. The van der Waals surface area contributed by atoms with Gasteiger partial charge in [0.2, 0.25) is 0 Å². The molecule has 0 aromatic heterocycles. The highest BCUT2D eigenvalue weighted by Crippen LogP contribution is 2.43. The Bertz CT molecular complexity index is 468. The number of likely N-dealkylation sites (N-methyl/N-ethyl adjacent to an activating group) is 1. The van der Waals surface area contributed by atoms with Crippen LogP contribution in [-0.4, -0.2) is 75.6 Å². The van der Waals surface area contributed by atoms with E-state index in [9.17, 15) is 14.3 Å². The normalized spacial score (nSPS) is 15.1. The van der Waals surface area contributed by atoms with Crippen LogP contribution >= 0.6 is 7.82 Å². The van der Waals surface area contributed by atoms with E-state index in [4.69, 9.17) is 18.5 Å². The van der Waals surface area contributed by atoms with E-state index in [0.29, 0.717) is 24.1 Å². The average molecular weight is 441 g/mol. The van der Waals surface area contributed by atoms with E-state index in [1.54, 1.807) is 0 Å². The minimum atomic E-state index is -4.21. The second kappa shape index (κ2) is 16.2. The Kier molecular flexibility index (Phi) is 15.9. The van der Waals surface area contributed by atoms with Gasteiger partial charge in [0, 0.05) is 13.0 Å². The summed E-state index contributed by atoms with van der Waals surface area (Å²) in [6.07, 6.45) is 7.14. The smallest absolute Gasteiger partial charge is 0.457 e. The fraction of sp³-hybridized carbons (Fsp3) is 0.950. The van der Waals surface area contributed by atoms with Gasteiger partial charge in [-0.1, -0.05) is 46.0 Å². The summed E-state index contributed by atoms with van der Waals surface area (Å²) in [5.41, 5.74) is 0. The fourth-order valence-electron chi connectivity index (χ4n) is 2.41. The van der Waals surface area contributed by atoms with E-state index >= 15 is 0 Å². The van der Waals surface area contributed by atoms with Crippen molar-refractivity contribution in [2.45, 2.75) is 71.3 Å². The maximum Gasteiger partial charge on any atom is 0.472 e. The Morgan fingerprint density at radius 2 is 1.59 bits per heavy atom. The second-order valence-corrected chi connectivity index (χ2v) is 9.77. The van der Waals surface area contributed by atoms with Gasteiger partial charge < -0.3 is 18.9 Å². The van der Waals surface area contributed by atoms with Crippen molar-refractivity contribution in [3.8, 4) is 0 Å². The first kappa shape index (κ1) is 28.5. The molecule has 2 atom stereocenters. The molecule has 2 unspecified atom stereocenters. The van der Waals surface area contributed by atoms with Crippen LogP contribution in [0.4, 0.5) is 0 Å². The zero-order valence-electron chi connectivity index (χ0n) is 19.1. The standard InChI is InChI=1S/C20H42NO7P/c1-6-8-9-10-11-12-15-25-17-19(28-20(22)13-7-2)18-27-29(23,24)26-16-14-21(3,4)5/h19H,6-18H2,1-5H3/p+1. The molecule has 0 saturated carbocycles. The second-order valence-electron chi connectivity index (χ2n) is 8.32. The van der Waals surface area contributed by atoms with E-state index in [0.717, 1.165) is 12.8 Å². The highest BCUT2D eigenvalue weighted by Gasteiger charge is 2.26. The molecule has 0 amide bonds. The molecule has 8 nitrogen and oxygen atoms in total. The number of hydrogen-bond donors (Lipinski definition) is 1. The topological polar surface area (TPSA) is 91.3 Å². The Labute approximate surface area is 177 Å². The van der Waals surface area contributed by atoms with Crippen LogP contribution in [0, 0.1) is 0 Å². The van der Waals surface area contributed by atoms with Gasteiger partial charge >= 0.3 is 13.8 Å². The molecule has 0 saturated heterocycles.